The van der Waals surface area contributed by atoms with Crippen molar-refractivity contribution in [2.24, 2.45) is 0 Å². The molecule has 1 aromatic carbocycles. The number of nitrogens with one attached hydrogen (secondary N) is 1. The summed E-state index contributed by atoms with van der Waals surface area (Å²) >= 11 is 0. The van der Waals surface area contributed by atoms with Crippen LogP contribution in [0.2, 0.25) is 0 Å². The number of nitrogens with zero attached hydrogens (tertiary/aromatic N) is 1. The molecule has 0 saturated heterocycles. The summed E-state index contributed by atoms with van der Waals surface area (Å²) in [6, 6.07) is 8.71. The molecule has 0 spiro atoms. The minimum atomic E-state index is -0.815. The van der Waals surface area contributed by atoms with E-state index in [1.54, 1.807) is 0 Å². The summed E-state index contributed by atoms with van der Waals surface area (Å²) in [6.07, 6.45) is 0. The van der Waals surface area contributed by atoms with Gasteiger partial charge in [-0.3, -0.25) is 9.69 Å². The zero-order chi connectivity index (χ0) is 12.0. The van der Waals surface area contributed by atoms with Gasteiger partial charge in [-0.05, 0) is 19.7 Å². The summed E-state index contributed by atoms with van der Waals surface area (Å²) in [5.74, 6) is -0.815. The number of benzene rings is 1. The molecule has 0 aromatic heterocycles. The van der Waals surface area contributed by atoms with E-state index in [-0.39, 0.29) is 0 Å². The van der Waals surface area contributed by atoms with E-state index in [2.05, 4.69) is 5.32 Å². The van der Waals surface area contributed by atoms with Crippen LogP contribution in [-0.4, -0.2) is 43.2 Å². The van der Waals surface area contributed by atoms with E-state index in [9.17, 15) is 9.90 Å². The van der Waals surface area contributed by atoms with E-state index in [1.807, 2.05) is 49.3 Å². The third kappa shape index (κ3) is 3.32. The van der Waals surface area contributed by atoms with Crippen LogP contribution in [0, 0.1) is 0 Å². The molecule has 1 rings (SSSR count). The minimum Gasteiger partial charge on any atom is -0.480 e. The first-order valence-corrected chi connectivity index (χ1v) is 5.29. The van der Waals surface area contributed by atoms with Crippen LogP contribution in [-0.2, 0) is 4.79 Å². The Morgan fingerprint density at radius 3 is 2.56 bits per heavy atom. The predicted octanol–water partition coefficient (Wildman–Crippen LogP) is 0.963. The Labute approximate surface area is 95.9 Å². The standard InChI is InChI=1S/C12H18N2O2/c1-13-8-9-14(2)11(12(15)16)10-6-4-3-5-7-10/h3-7,11,13H,8-9H2,1-2H3,(H,15,16). The molecule has 0 fully saturated rings. The summed E-state index contributed by atoms with van der Waals surface area (Å²) in [6.45, 7) is 1.47. The van der Waals surface area contributed by atoms with E-state index < -0.39 is 12.0 Å². The molecular weight excluding hydrogens is 204 g/mol. The Morgan fingerprint density at radius 1 is 1.44 bits per heavy atom. The Hall–Kier alpha value is -1.39. The van der Waals surface area contributed by atoms with Gasteiger partial charge in [-0.25, -0.2) is 0 Å². The van der Waals surface area contributed by atoms with Gasteiger partial charge in [0.1, 0.15) is 6.04 Å². The van der Waals surface area contributed by atoms with Crippen molar-refractivity contribution in [2.75, 3.05) is 27.2 Å². The molecule has 88 valence electrons. The number of hydrogen-bond acceptors (Lipinski definition) is 3. The van der Waals surface area contributed by atoms with Crippen molar-refractivity contribution < 1.29 is 9.90 Å². The van der Waals surface area contributed by atoms with Gasteiger partial charge in [-0.15, -0.1) is 0 Å². The van der Waals surface area contributed by atoms with E-state index in [1.165, 1.54) is 0 Å². The number of hydrogen-bond donors (Lipinski definition) is 2. The summed E-state index contributed by atoms with van der Waals surface area (Å²) in [5.41, 5.74) is 0.814. The van der Waals surface area contributed by atoms with Crippen molar-refractivity contribution >= 4 is 5.97 Å². The second-order valence-corrected chi connectivity index (χ2v) is 3.74. The first kappa shape index (κ1) is 12.7. The second-order valence-electron chi connectivity index (χ2n) is 3.74. The number of carbonyl (C=O) groups is 1. The van der Waals surface area contributed by atoms with E-state index in [4.69, 9.17) is 0 Å². The summed E-state index contributed by atoms with van der Waals surface area (Å²) in [4.78, 5) is 13.1. The van der Waals surface area contributed by atoms with Crippen molar-refractivity contribution in [3.8, 4) is 0 Å². The van der Waals surface area contributed by atoms with Crippen molar-refractivity contribution in [2.45, 2.75) is 6.04 Å². The molecule has 0 radical (unpaired) electrons. The molecule has 2 N–H and O–H groups in total. The number of carboxylic acid groups (broad SMARTS) is 1. The van der Waals surface area contributed by atoms with Crippen LogP contribution in [0.5, 0.6) is 0 Å². The second kappa shape index (κ2) is 6.25. The molecule has 1 aromatic rings. The molecule has 0 bridgehead atoms. The van der Waals surface area contributed by atoms with Crippen LogP contribution >= 0.6 is 0 Å². The lowest BCUT2D eigenvalue weighted by atomic mass is 10.1. The molecule has 0 amide bonds. The van der Waals surface area contributed by atoms with Gasteiger partial charge >= 0.3 is 5.97 Å². The average Bonchev–Trinajstić information content (AvgIpc) is 2.27. The van der Waals surface area contributed by atoms with E-state index in [0.29, 0.717) is 6.54 Å². The lowest BCUT2D eigenvalue weighted by molar-refractivity contribution is -0.143. The van der Waals surface area contributed by atoms with Crippen LogP contribution in [0.1, 0.15) is 11.6 Å². The van der Waals surface area contributed by atoms with Crippen molar-refractivity contribution in [3.63, 3.8) is 0 Å². The van der Waals surface area contributed by atoms with Crippen LogP contribution in [0.15, 0.2) is 30.3 Å². The first-order valence-electron chi connectivity index (χ1n) is 5.29. The topological polar surface area (TPSA) is 52.6 Å². The molecule has 1 atom stereocenters. The maximum atomic E-state index is 11.2. The summed E-state index contributed by atoms with van der Waals surface area (Å²) < 4.78 is 0. The predicted molar refractivity (Wildman–Crippen MR) is 63.4 cm³/mol. The molecule has 0 saturated carbocycles. The minimum absolute atomic E-state index is 0.574. The molecule has 0 aliphatic carbocycles. The molecule has 0 aliphatic heterocycles. The van der Waals surface area contributed by atoms with Gasteiger partial charge in [0.25, 0.3) is 0 Å². The lowest BCUT2D eigenvalue weighted by Gasteiger charge is -2.24. The molecule has 16 heavy (non-hydrogen) atoms. The maximum absolute atomic E-state index is 11.2. The van der Waals surface area contributed by atoms with Gasteiger partial charge in [0.05, 0.1) is 0 Å². The Kier molecular flexibility index (Phi) is 4.95. The third-order valence-electron chi connectivity index (χ3n) is 2.50. The largest absolute Gasteiger partial charge is 0.480 e. The zero-order valence-electron chi connectivity index (χ0n) is 9.68. The molecular formula is C12H18N2O2. The molecule has 4 nitrogen and oxygen atoms in total. The molecule has 0 aliphatic rings. The fraction of sp³-hybridized carbons (Fsp3) is 0.417. The third-order valence-corrected chi connectivity index (χ3v) is 2.50. The van der Waals surface area contributed by atoms with Crippen LogP contribution in [0.3, 0.4) is 0 Å². The smallest absolute Gasteiger partial charge is 0.325 e. The van der Waals surface area contributed by atoms with Gasteiger partial charge in [0.15, 0.2) is 0 Å². The SMILES string of the molecule is CNCCN(C)C(C(=O)O)c1ccccc1. The fourth-order valence-electron chi connectivity index (χ4n) is 1.64. The number of likely N-dealkylation sites (N-methyl/N-ethyl adjacent to an activating group) is 2. The number of rotatable bonds is 6. The molecule has 0 heterocycles. The zero-order valence-corrected chi connectivity index (χ0v) is 9.68. The van der Waals surface area contributed by atoms with E-state index >= 15 is 0 Å². The highest BCUT2D eigenvalue weighted by Crippen LogP contribution is 2.18. The van der Waals surface area contributed by atoms with Gasteiger partial charge in [-0.2, -0.15) is 0 Å². The fourth-order valence-corrected chi connectivity index (χ4v) is 1.64. The van der Waals surface area contributed by atoms with Gasteiger partial charge < -0.3 is 10.4 Å². The lowest BCUT2D eigenvalue weighted by Crippen LogP contribution is -2.35. The highest BCUT2D eigenvalue weighted by atomic mass is 16.4. The summed E-state index contributed by atoms with van der Waals surface area (Å²) in [5, 5.41) is 12.2. The van der Waals surface area contributed by atoms with E-state index in [0.717, 1.165) is 12.1 Å². The quantitative estimate of drug-likeness (QED) is 0.753. The highest BCUT2D eigenvalue weighted by molar-refractivity contribution is 5.75. The Morgan fingerprint density at radius 2 is 2.06 bits per heavy atom. The normalized spacial score (nSPS) is 12.7. The highest BCUT2D eigenvalue weighted by Gasteiger charge is 2.23. The Balaban J connectivity index is 2.79. The van der Waals surface area contributed by atoms with Gasteiger partial charge in [0.2, 0.25) is 0 Å². The van der Waals surface area contributed by atoms with Crippen LogP contribution in [0.25, 0.3) is 0 Å². The van der Waals surface area contributed by atoms with Crippen LogP contribution in [0.4, 0.5) is 0 Å². The van der Waals surface area contributed by atoms with Crippen molar-refractivity contribution in [1.29, 1.82) is 0 Å². The molecule has 1 unspecified atom stereocenters. The van der Waals surface area contributed by atoms with Crippen LogP contribution < -0.4 is 5.32 Å². The Bertz CT molecular complexity index is 327. The summed E-state index contributed by atoms with van der Waals surface area (Å²) in [7, 11) is 3.68. The molecule has 4 heteroatoms. The van der Waals surface area contributed by atoms with Crippen molar-refractivity contribution in [3.05, 3.63) is 35.9 Å². The van der Waals surface area contributed by atoms with Gasteiger partial charge in [-0.1, -0.05) is 30.3 Å². The number of carboxylic acids is 1. The van der Waals surface area contributed by atoms with Gasteiger partial charge in [0, 0.05) is 13.1 Å². The van der Waals surface area contributed by atoms with Crippen molar-refractivity contribution in [1.82, 2.24) is 10.2 Å². The number of aliphatic carboxylic acids is 1. The maximum Gasteiger partial charge on any atom is 0.325 e. The average molecular weight is 222 g/mol. The first-order chi connectivity index (χ1) is 7.66. The monoisotopic (exact) mass is 222 g/mol.